The van der Waals surface area contributed by atoms with Gasteiger partial charge in [-0.2, -0.15) is 5.10 Å². The van der Waals surface area contributed by atoms with Crippen LogP contribution in [-0.2, 0) is 11.3 Å². The van der Waals surface area contributed by atoms with E-state index >= 15 is 0 Å². The van der Waals surface area contributed by atoms with E-state index in [1.54, 1.807) is 16.9 Å². The molecule has 4 rings (SSSR count). The van der Waals surface area contributed by atoms with Crippen LogP contribution >= 0.6 is 0 Å². The molecule has 0 aliphatic heterocycles. The van der Waals surface area contributed by atoms with Crippen LogP contribution in [0.4, 0.5) is 10.2 Å². The summed E-state index contributed by atoms with van der Waals surface area (Å²) in [5.41, 5.74) is 1.13. The van der Waals surface area contributed by atoms with Crippen LogP contribution in [0.25, 0.3) is 10.8 Å². The average Bonchev–Trinajstić information content (AvgIpc) is 3.16. The van der Waals surface area contributed by atoms with Crippen molar-refractivity contribution in [3.8, 4) is 5.75 Å². The first-order valence-corrected chi connectivity index (χ1v) is 9.36. The normalized spacial score (nSPS) is 10.8. The lowest BCUT2D eigenvalue weighted by atomic mass is 10.0. The van der Waals surface area contributed by atoms with Crippen molar-refractivity contribution in [1.29, 1.82) is 0 Å². The largest absolute Gasteiger partial charge is 0.493 e. The summed E-state index contributed by atoms with van der Waals surface area (Å²) < 4.78 is 20.1. The Bertz CT molecular complexity index is 1120. The van der Waals surface area contributed by atoms with Crippen LogP contribution in [0.5, 0.6) is 5.75 Å². The molecular formula is C23H20FN3O2. The third-order valence-electron chi connectivity index (χ3n) is 4.60. The summed E-state index contributed by atoms with van der Waals surface area (Å²) in [6.45, 7) is 0.755. The van der Waals surface area contributed by atoms with Gasteiger partial charge in [-0.15, -0.1) is 0 Å². The van der Waals surface area contributed by atoms with E-state index in [2.05, 4.69) is 34.7 Å². The Morgan fingerprint density at radius 2 is 1.79 bits per heavy atom. The van der Waals surface area contributed by atoms with E-state index in [0.29, 0.717) is 18.1 Å². The second-order valence-electron chi connectivity index (χ2n) is 6.61. The molecular weight excluding hydrogens is 369 g/mol. The minimum absolute atomic E-state index is 0.174. The number of benzene rings is 3. The maximum atomic E-state index is 12.9. The molecule has 29 heavy (non-hydrogen) atoms. The molecule has 0 spiro atoms. The van der Waals surface area contributed by atoms with E-state index in [1.165, 1.54) is 29.7 Å². The van der Waals surface area contributed by atoms with Crippen molar-refractivity contribution in [3.63, 3.8) is 0 Å². The van der Waals surface area contributed by atoms with Crippen LogP contribution < -0.4 is 10.1 Å². The van der Waals surface area contributed by atoms with E-state index in [1.807, 2.05) is 18.2 Å². The molecule has 3 aromatic carbocycles. The molecule has 1 aromatic heterocycles. The number of halogens is 1. The van der Waals surface area contributed by atoms with Crippen molar-refractivity contribution in [2.45, 2.75) is 13.0 Å². The molecule has 4 aromatic rings. The van der Waals surface area contributed by atoms with Gasteiger partial charge in [0.1, 0.15) is 17.4 Å². The molecule has 0 bridgehead atoms. The Morgan fingerprint density at radius 1 is 1.00 bits per heavy atom. The first-order chi connectivity index (χ1) is 14.2. The van der Waals surface area contributed by atoms with Crippen LogP contribution in [0.3, 0.4) is 0 Å². The maximum Gasteiger partial charge on any atom is 0.228 e. The number of anilines is 1. The molecule has 0 saturated heterocycles. The summed E-state index contributed by atoms with van der Waals surface area (Å²) in [5.74, 6) is 0.659. The third-order valence-corrected chi connectivity index (χ3v) is 4.60. The lowest BCUT2D eigenvalue weighted by molar-refractivity contribution is -0.116. The number of ether oxygens (including phenoxy) is 1. The molecule has 146 valence electrons. The van der Waals surface area contributed by atoms with Gasteiger partial charge in [0, 0.05) is 6.07 Å². The first kappa shape index (κ1) is 18.7. The van der Waals surface area contributed by atoms with E-state index in [4.69, 9.17) is 4.74 Å². The van der Waals surface area contributed by atoms with Crippen molar-refractivity contribution in [2.75, 3.05) is 11.9 Å². The number of carbonyl (C=O) groups excluding carboxylic acids is 1. The van der Waals surface area contributed by atoms with Gasteiger partial charge in [-0.1, -0.05) is 42.5 Å². The van der Waals surface area contributed by atoms with E-state index in [-0.39, 0.29) is 24.8 Å². The van der Waals surface area contributed by atoms with Gasteiger partial charge in [0.05, 0.1) is 25.8 Å². The summed E-state index contributed by atoms with van der Waals surface area (Å²) in [4.78, 5) is 12.3. The highest BCUT2D eigenvalue weighted by Crippen LogP contribution is 2.20. The van der Waals surface area contributed by atoms with E-state index in [0.717, 1.165) is 10.9 Å². The summed E-state index contributed by atoms with van der Waals surface area (Å²) >= 11 is 0. The van der Waals surface area contributed by atoms with Crippen molar-refractivity contribution in [3.05, 3.63) is 90.4 Å². The highest BCUT2D eigenvalue weighted by atomic mass is 19.1. The number of carbonyl (C=O) groups is 1. The molecule has 1 amide bonds. The fourth-order valence-electron chi connectivity index (χ4n) is 3.15. The second-order valence-corrected chi connectivity index (χ2v) is 6.61. The Hall–Kier alpha value is -3.67. The van der Waals surface area contributed by atoms with Crippen molar-refractivity contribution in [1.82, 2.24) is 9.78 Å². The number of fused-ring (bicyclic) bond motifs is 1. The van der Waals surface area contributed by atoms with Gasteiger partial charge in [0.15, 0.2) is 0 Å². The molecule has 0 aliphatic rings. The van der Waals surface area contributed by atoms with Crippen molar-refractivity contribution < 1.29 is 13.9 Å². The van der Waals surface area contributed by atoms with Gasteiger partial charge in [-0.3, -0.25) is 4.79 Å². The molecule has 5 nitrogen and oxygen atoms in total. The van der Waals surface area contributed by atoms with Crippen molar-refractivity contribution >= 4 is 22.5 Å². The molecule has 0 saturated carbocycles. The number of nitrogens with zero attached hydrogens (tertiary/aromatic N) is 2. The Labute approximate surface area is 167 Å². The van der Waals surface area contributed by atoms with E-state index in [9.17, 15) is 9.18 Å². The summed E-state index contributed by atoms with van der Waals surface area (Å²) in [7, 11) is 0. The lowest BCUT2D eigenvalue weighted by Gasteiger charge is -2.11. The Kier molecular flexibility index (Phi) is 5.52. The standard InChI is InChI=1S/C23H20FN3O2/c24-19-8-10-20(11-9-19)29-15-13-23(28)26-22-12-14-25-27(22)16-18-6-3-5-17-4-1-2-7-21(17)18/h1-12,14H,13,15-16H2,(H,26,28). The SMILES string of the molecule is O=C(CCOc1ccc(F)cc1)Nc1ccnn1Cc1cccc2ccccc12. The van der Waals surface area contributed by atoms with Gasteiger partial charge in [-0.25, -0.2) is 9.07 Å². The molecule has 1 heterocycles. The van der Waals surface area contributed by atoms with Crippen LogP contribution in [0, 0.1) is 5.82 Å². The van der Waals surface area contributed by atoms with Crippen LogP contribution in [0.2, 0.25) is 0 Å². The maximum absolute atomic E-state index is 12.9. The second kappa shape index (κ2) is 8.56. The minimum Gasteiger partial charge on any atom is -0.493 e. The van der Waals surface area contributed by atoms with Crippen LogP contribution in [0.1, 0.15) is 12.0 Å². The number of aromatic nitrogens is 2. The Morgan fingerprint density at radius 3 is 2.66 bits per heavy atom. The average molecular weight is 389 g/mol. The summed E-state index contributed by atoms with van der Waals surface area (Å²) in [6.07, 6.45) is 1.84. The first-order valence-electron chi connectivity index (χ1n) is 9.36. The number of hydrogen-bond donors (Lipinski definition) is 1. The summed E-state index contributed by atoms with van der Waals surface area (Å²) in [6, 6.07) is 21.8. The van der Waals surface area contributed by atoms with Gasteiger partial charge in [0.2, 0.25) is 5.91 Å². The monoisotopic (exact) mass is 389 g/mol. The number of hydrogen-bond acceptors (Lipinski definition) is 3. The highest BCUT2D eigenvalue weighted by Gasteiger charge is 2.10. The fraction of sp³-hybridized carbons (Fsp3) is 0.130. The minimum atomic E-state index is -0.324. The van der Waals surface area contributed by atoms with Crippen LogP contribution in [0.15, 0.2) is 79.0 Å². The fourth-order valence-corrected chi connectivity index (χ4v) is 3.15. The highest BCUT2D eigenvalue weighted by molar-refractivity contribution is 5.90. The predicted molar refractivity (Wildman–Crippen MR) is 110 cm³/mol. The zero-order valence-corrected chi connectivity index (χ0v) is 15.7. The molecule has 1 N–H and O–H groups in total. The topological polar surface area (TPSA) is 56.1 Å². The van der Waals surface area contributed by atoms with E-state index < -0.39 is 0 Å². The molecule has 0 fully saturated rings. The Balaban J connectivity index is 1.37. The van der Waals surface area contributed by atoms with Gasteiger partial charge < -0.3 is 10.1 Å². The molecule has 0 radical (unpaired) electrons. The quantitative estimate of drug-likeness (QED) is 0.501. The lowest BCUT2D eigenvalue weighted by Crippen LogP contribution is -2.18. The zero-order chi connectivity index (χ0) is 20.1. The number of rotatable bonds is 7. The number of nitrogens with one attached hydrogen (secondary N) is 1. The van der Waals surface area contributed by atoms with Gasteiger partial charge in [-0.05, 0) is 40.6 Å². The van der Waals surface area contributed by atoms with Crippen molar-refractivity contribution in [2.24, 2.45) is 0 Å². The van der Waals surface area contributed by atoms with Gasteiger partial charge >= 0.3 is 0 Å². The third kappa shape index (κ3) is 4.60. The molecule has 0 aliphatic carbocycles. The predicted octanol–water partition coefficient (Wildman–Crippen LogP) is 4.63. The summed E-state index contributed by atoms with van der Waals surface area (Å²) in [5, 5.41) is 9.55. The molecule has 6 heteroatoms. The zero-order valence-electron chi connectivity index (χ0n) is 15.7. The van der Waals surface area contributed by atoms with Gasteiger partial charge in [0.25, 0.3) is 0 Å². The smallest absolute Gasteiger partial charge is 0.228 e. The van der Waals surface area contributed by atoms with Crippen LogP contribution in [-0.4, -0.2) is 22.3 Å². The molecule has 0 unspecified atom stereocenters. The number of amides is 1. The molecule has 0 atom stereocenters.